The summed E-state index contributed by atoms with van der Waals surface area (Å²) in [6, 6.07) is 7.58. The second-order valence-electron chi connectivity index (χ2n) is 6.13. The molecule has 0 amide bonds. The fourth-order valence-corrected chi connectivity index (χ4v) is 2.59. The van der Waals surface area contributed by atoms with E-state index in [0.29, 0.717) is 5.65 Å². The van der Waals surface area contributed by atoms with Gasteiger partial charge in [0, 0.05) is 34.0 Å². The lowest BCUT2D eigenvalue weighted by Gasteiger charge is -2.19. The van der Waals surface area contributed by atoms with Crippen LogP contribution in [0.5, 0.6) is 0 Å². The first-order valence-corrected chi connectivity index (χ1v) is 7.96. The third-order valence-electron chi connectivity index (χ3n) is 3.14. The van der Waals surface area contributed by atoms with E-state index in [1.54, 1.807) is 18.6 Å². The normalized spacial score (nSPS) is 11.7. The number of ether oxygens (including phenoxy) is 1. The molecule has 0 N–H and O–H groups in total. The van der Waals surface area contributed by atoms with Crippen molar-refractivity contribution < 1.29 is 9.53 Å². The van der Waals surface area contributed by atoms with Gasteiger partial charge in [0.15, 0.2) is 0 Å². The van der Waals surface area contributed by atoms with Gasteiger partial charge in [-0.2, -0.15) is 0 Å². The number of nitrogens with zero attached hydrogens (tertiary/aromatic N) is 3. The molecule has 0 radical (unpaired) electrons. The lowest BCUT2D eigenvalue weighted by atomic mass is 10.1. The van der Waals surface area contributed by atoms with Gasteiger partial charge in [-0.15, -0.1) is 0 Å². The van der Waals surface area contributed by atoms with Crippen LogP contribution in [-0.2, 0) is 4.74 Å². The third-order valence-corrected chi connectivity index (χ3v) is 3.57. The Balaban J connectivity index is 2.19. The second-order valence-corrected chi connectivity index (χ2v) is 7.05. The van der Waals surface area contributed by atoms with E-state index in [4.69, 9.17) is 4.74 Å². The van der Waals surface area contributed by atoms with Gasteiger partial charge in [0.05, 0.1) is 5.69 Å². The van der Waals surface area contributed by atoms with Crippen molar-refractivity contribution in [1.29, 1.82) is 0 Å². The molecule has 0 unspecified atom stereocenters. The minimum absolute atomic E-state index is 0.459. The zero-order valence-electron chi connectivity index (χ0n) is 13.1. The van der Waals surface area contributed by atoms with Gasteiger partial charge < -0.3 is 4.74 Å². The maximum Gasteiger partial charge on any atom is 0.420 e. The summed E-state index contributed by atoms with van der Waals surface area (Å²) in [5.74, 6) is 0. The van der Waals surface area contributed by atoms with E-state index in [1.807, 2.05) is 45.0 Å². The predicted octanol–water partition coefficient (Wildman–Crippen LogP) is 4.64. The van der Waals surface area contributed by atoms with Crippen molar-refractivity contribution >= 4 is 33.1 Å². The van der Waals surface area contributed by atoms with Crippen molar-refractivity contribution in [2.45, 2.75) is 26.4 Å². The minimum atomic E-state index is -0.575. The van der Waals surface area contributed by atoms with Crippen molar-refractivity contribution in [3.05, 3.63) is 47.3 Å². The molecular weight excluding hydrogens is 358 g/mol. The molecule has 0 fully saturated rings. The summed E-state index contributed by atoms with van der Waals surface area (Å²) in [6.07, 6.45) is 4.64. The first-order chi connectivity index (χ1) is 10.8. The number of hydrogen-bond acceptors (Lipinski definition) is 4. The largest absolute Gasteiger partial charge is 0.443 e. The van der Waals surface area contributed by atoms with Crippen molar-refractivity contribution in [2.24, 2.45) is 0 Å². The summed E-state index contributed by atoms with van der Waals surface area (Å²) >= 11 is 3.43. The van der Waals surface area contributed by atoms with Crippen LogP contribution in [0.4, 0.5) is 4.79 Å². The standard InChI is InChI=1S/C17H16BrN3O2/c1-17(2,3)23-16(22)21-10-13(14-6-4-5-7-19-14)12-8-11(18)9-20-15(12)21/h4-10H,1-3H3. The topological polar surface area (TPSA) is 57.0 Å². The van der Waals surface area contributed by atoms with Gasteiger partial charge in [0.2, 0.25) is 0 Å². The summed E-state index contributed by atoms with van der Waals surface area (Å²) in [4.78, 5) is 21.2. The average molecular weight is 374 g/mol. The SMILES string of the molecule is CC(C)(C)OC(=O)n1cc(-c2ccccn2)c2cc(Br)cnc21. The lowest BCUT2D eigenvalue weighted by molar-refractivity contribution is 0.0544. The van der Waals surface area contributed by atoms with E-state index in [1.165, 1.54) is 4.57 Å². The van der Waals surface area contributed by atoms with Gasteiger partial charge in [-0.05, 0) is 54.9 Å². The van der Waals surface area contributed by atoms with Crippen LogP contribution in [0.3, 0.4) is 0 Å². The molecular formula is C17H16BrN3O2. The van der Waals surface area contributed by atoms with Crippen molar-refractivity contribution in [3.63, 3.8) is 0 Å². The number of aromatic nitrogens is 3. The number of hydrogen-bond donors (Lipinski definition) is 0. The fraction of sp³-hybridized carbons (Fsp3) is 0.235. The van der Waals surface area contributed by atoms with Gasteiger partial charge in [-0.25, -0.2) is 14.3 Å². The molecule has 23 heavy (non-hydrogen) atoms. The number of carbonyl (C=O) groups excluding carboxylic acids is 1. The minimum Gasteiger partial charge on any atom is -0.443 e. The molecule has 0 aliphatic heterocycles. The van der Waals surface area contributed by atoms with Crippen molar-refractivity contribution in [1.82, 2.24) is 14.5 Å². The molecule has 0 bridgehead atoms. The molecule has 0 saturated heterocycles. The maximum absolute atomic E-state index is 12.5. The molecule has 0 saturated carbocycles. The fourth-order valence-electron chi connectivity index (χ4n) is 2.26. The van der Waals surface area contributed by atoms with Crippen LogP contribution >= 0.6 is 15.9 Å². The molecule has 3 aromatic rings. The van der Waals surface area contributed by atoms with Crippen LogP contribution in [-0.4, -0.2) is 26.2 Å². The molecule has 3 aromatic heterocycles. The average Bonchev–Trinajstić information content (AvgIpc) is 2.85. The summed E-state index contributed by atoms with van der Waals surface area (Å²) in [5.41, 5.74) is 1.58. The number of rotatable bonds is 1. The highest BCUT2D eigenvalue weighted by Gasteiger charge is 2.22. The van der Waals surface area contributed by atoms with E-state index in [2.05, 4.69) is 25.9 Å². The number of fused-ring (bicyclic) bond motifs is 1. The Hall–Kier alpha value is -2.21. The zero-order valence-corrected chi connectivity index (χ0v) is 14.7. The van der Waals surface area contributed by atoms with Gasteiger partial charge in [-0.1, -0.05) is 6.07 Å². The highest BCUT2D eigenvalue weighted by Crippen LogP contribution is 2.30. The quantitative estimate of drug-likeness (QED) is 0.623. The molecule has 0 aliphatic carbocycles. The van der Waals surface area contributed by atoms with Crippen LogP contribution in [0.1, 0.15) is 20.8 Å². The number of carbonyl (C=O) groups is 1. The summed E-state index contributed by atoms with van der Waals surface area (Å²) in [5, 5.41) is 0.837. The maximum atomic E-state index is 12.5. The van der Waals surface area contributed by atoms with Crippen molar-refractivity contribution in [3.8, 4) is 11.3 Å². The Morgan fingerprint density at radius 2 is 2.04 bits per heavy atom. The van der Waals surface area contributed by atoms with Crippen LogP contribution in [0.2, 0.25) is 0 Å². The van der Waals surface area contributed by atoms with Crippen LogP contribution in [0.15, 0.2) is 47.3 Å². The first-order valence-electron chi connectivity index (χ1n) is 7.16. The molecule has 0 aliphatic rings. The van der Waals surface area contributed by atoms with Gasteiger partial charge >= 0.3 is 6.09 Å². The summed E-state index contributed by atoms with van der Waals surface area (Å²) in [6.45, 7) is 5.50. The van der Waals surface area contributed by atoms with E-state index in [0.717, 1.165) is 21.1 Å². The molecule has 0 spiro atoms. The van der Waals surface area contributed by atoms with Crippen LogP contribution < -0.4 is 0 Å². The molecule has 0 aromatic carbocycles. The summed E-state index contributed by atoms with van der Waals surface area (Å²) in [7, 11) is 0. The Kier molecular flexibility index (Phi) is 3.93. The highest BCUT2D eigenvalue weighted by atomic mass is 79.9. The van der Waals surface area contributed by atoms with Crippen LogP contribution in [0, 0.1) is 0 Å². The van der Waals surface area contributed by atoms with Crippen molar-refractivity contribution in [2.75, 3.05) is 0 Å². The van der Waals surface area contributed by atoms with E-state index >= 15 is 0 Å². The Bertz CT molecular complexity index is 867. The zero-order chi connectivity index (χ0) is 16.6. The number of halogens is 1. The van der Waals surface area contributed by atoms with Gasteiger partial charge in [0.25, 0.3) is 0 Å². The molecule has 0 atom stereocenters. The van der Waals surface area contributed by atoms with Gasteiger partial charge in [-0.3, -0.25) is 4.98 Å². The molecule has 5 nitrogen and oxygen atoms in total. The Labute approximate surface area is 142 Å². The highest BCUT2D eigenvalue weighted by molar-refractivity contribution is 9.10. The smallest absolute Gasteiger partial charge is 0.420 e. The lowest BCUT2D eigenvalue weighted by Crippen LogP contribution is -2.26. The first kappa shape index (κ1) is 15.7. The van der Waals surface area contributed by atoms with E-state index in [-0.39, 0.29) is 0 Å². The Morgan fingerprint density at radius 3 is 2.70 bits per heavy atom. The van der Waals surface area contributed by atoms with E-state index in [9.17, 15) is 4.79 Å². The van der Waals surface area contributed by atoms with E-state index < -0.39 is 11.7 Å². The Morgan fingerprint density at radius 1 is 1.26 bits per heavy atom. The molecule has 118 valence electrons. The monoisotopic (exact) mass is 373 g/mol. The van der Waals surface area contributed by atoms with Crippen LogP contribution in [0.25, 0.3) is 22.3 Å². The third kappa shape index (κ3) is 3.27. The number of pyridine rings is 2. The molecule has 3 heterocycles. The predicted molar refractivity (Wildman–Crippen MR) is 92.3 cm³/mol. The molecule has 6 heteroatoms. The second kappa shape index (κ2) is 5.77. The van der Waals surface area contributed by atoms with Gasteiger partial charge in [0.1, 0.15) is 11.2 Å². The summed E-state index contributed by atoms with van der Waals surface area (Å²) < 4.78 is 7.73. The molecule has 3 rings (SSSR count).